The van der Waals surface area contributed by atoms with Gasteiger partial charge in [0.15, 0.2) is 5.96 Å². The molecule has 0 atom stereocenters. The van der Waals surface area contributed by atoms with Crippen LogP contribution in [0.3, 0.4) is 0 Å². The van der Waals surface area contributed by atoms with Crippen LogP contribution in [0.15, 0.2) is 65.8 Å². The molecule has 3 rings (SSSR count). The fourth-order valence-corrected chi connectivity index (χ4v) is 2.88. The molecule has 1 heterocycles. The van der Waals surface area contributed by atoms with E-state index in [0.717, 1.165) is 35.0 Å². The van der Waals surface area contributed by atoms with Gasteiger partial charge in [-0.1, -0.05) is 6.07 Å². The zero-order valence-corrected chi connectivity index (χ0v) is 20.9. The maximum Gasteiger partial charge on any atom is 0.195 e. The Balaban J connectivity index is 0.00000363. The highest BCUT2D eigenvalue weighted by Gasteiger charge is 2.05. The SMILES string of the molecule is CN=C(NCc1ccn(-c2ccc(OC)cc2)n1)Nc1cccc(OCCCOC)c1.I. The number of aliphatic imine (C=N–C) groups is 1. The van der Waals surface area contributed by atoms with Crippen molar-refractivity contribution in [2.24, 2.45) is 4.99 Å². The number of rotatable bonds is 10. The zero-order valence-electron chi connectivity index (χ0n) is 18.6. The molecule has 8 nitrogen and oxygen atoms in total. The average molecular weight is 551 g/mol. The van der Waals surface area contributed by atoms with Gasteiger partial charge < -0.3 is 24.8 Å². The molecule has 0 unspecified atom stereocenters. The maximum atomic E-state index is 5.75. The third-order valence-corrected chi connectivity index (χ3v) is 4.50. The number of ether oxygens (including phenoxy) is 3. The summed E-state index contributed by atoms with van der Waals surface area (Å²) in [6, 6.07) is 17.5. The normalized spacial score (nSPS) is 10.9. The predicted molar refractivity (Wildman–Crippen MR) is 138 cm³/mol. The van der Waals surface area contributed by atoms with Crippen molar-refractivity contribution in [1.29, 1.82) is 0 Å². The van der Waals surface area contributed by atoms with Crippen molar-refractivity contribution >= 4 is 35.6 Å². The molecule has 0 aliphatic heterocycles. The first-order chi connectivity index (χ1) is 15.2. The third kappa shape index (κ3) is 7.72. The summed E-state index contributed by atoms with van der Waals surface area (Å²) in [7, 11) is 5.07. The molecule has 0 aliphatic rings. The van der Waals surface area contributed by atoms with Crippen molar-refractivity contribution in [3.8, 4) is 17.2 Å². The van der Waals surface area contributed by atoms with E-state index in [4.69, 9.17) is 14.2 Å². The van der Waals surface area contributed by atoms with Crippen molar-refractivity contribution in [3.05, 3.63) is 66.5 Å². The van der Waals surface area contributed by atoms with Gasteiger partial charge in [-0.25, -0.2) is 4.68 Å². The predicted octanol–water partition coefficient (Wildman–Crippen LogP) is 4.10. The molecule has 0 aliphatic carbocycles. The second-order valence-electron chi connectivity index (χ2n) is 6.72. The lowest BCUT2D eigenvalue weighted by molar-refractivity contribution is 0.172. The number of anilines is 1. The van der Waals surface area contributed by atoms with Crippen LogP contribution >= 0.6 is 24.0 Å². The Hall–Kier alpha value is -2.79. The Morgan fingerprint density at radius 3 is 2.56 bits per heavy atom. The standard InChI is InChI=1S/C23H29N5O3.HI/c1-24-23(26-18-6-4-7-22(16-18)31-15-5-14-29-2)25-17-19-12-13-28(27-19)20-8-10-21(30-3)11-9-20;/h4,6-13,16H,5,14-15,17H2,1-3H3,(H2,24,25,26);1H. The first-order valence-corrected chi connectivity index (χ1v) is 10.1. The highest BCUT2D eigenvalue weighted by molar-refractivity contribution is 14.0. The number of nitrogens with zero attached hydrogens (tertiary/aromatic N) is 3. The van der Waals surface area contributed by atoms with E-state index < -0.39 is 0 Å². The van der Waals surface area contributed by atoms with Crippen LogP contribution in [-0.2, 0) is 11.3 Å². The van der Waals surface area contributed by atoms with Crippen LogP contribution in [0.4, 0.5) is 5.69 Å². The van der Waals surface area contributed by atoms with Crippen molar-refractivity contribution < 1.29 is 14.2 Å². The monoisotopic (exact) mass is 551 g/mol. The van der Waals surface area contributed by atoms with Gasteiger partial charge in [-0.2, -0.15) is 5.10 Å². The maximum absolute atomic E-state index is 5.75. The lowest BCUT2D eigenvalue weighted by atomic mass is 10.3. The van der Waals surface area contributed by atoms with Gasteiger partial charge in [-0.05, 0) is 42.5 Å². The Morgan fingerprint density at radius 2 is 1.84 bits per heavy atom. The summed E-state index contributed by atoms with van der Waals surface area (Å²) in [5.41, 5.74) is 2.76. The summed E-state index contributed by atoms with van der Waals surface area (Å²) in [6.07, 6.45) is 2.78. The second-order valence-corrected chi connectivity index (χ2v) is 6.72. The van der Waals surface area contributed by atoms with Crippen LogP contribution in [0.25, 0.3) is 5.69 Å². The summed E-state index contributed by atoms with van der Waals surface area (Å²) >= 11 is 0. The van der Waals surface area contributed by atoms with Crippen molar-refractivity contribution in [2.75, 3.05) is 39.8 Å². The van der Waals surface area contributed by atoms with E-state index in [2.05, 4.69) is 20.7 Å². The van der Waals surface area contributed by atoms with Gasteiger partial charge in [0.2, 0.25) is 0 Å². The fourth-order valence-electron chi connectivity index (χ4n) is 2.88. The second kappa shape index (κ2) is 13.6. The molecule has 9 heteroatoms. The number of benzene rings is 2. The molecular weight excluding hydrogens is 521 g/mol. The quantitative estimate of drug-likeness (QED) is 0.171. The lowest BCUT2D eigenvalue weighted by Gasteiger charge is -2.12. The number of hydrogen-bond acceptors (Lipinski definition) is 5. The lowest BCUT2D eigenvalue weighted by Crippen LogP contribution is -2.30. The van der Waals surface area contributed by atoms with Gasteiger partial charge in [0.25, 0.3) is 0 Å². The molecule has 2 aromatic carbocycles. The number of hydrogen-bond donors (Lipinski definition) is 2. The Morgan fingerprint density at radius 1 is 1.03 bits per heavy atom. The van der Waals surface area contributed by atoms with E-state index in [1.165, 1.54) is 0 Å². The van der Waals surface area contributed by atoms with Gasteiger partial charge >= 0.3 is 0 Å². The molecule has 172 valence electrons. The number of halogens is 1. The molecule has 0 bridgehead atoms. The van der Waals surface area contributed by atoms with E-state index >= 15 is 0 Å². The van der Waals surface area contributed by atoms with E-state index in [-0.39, 0.29) is 24.0 Å². The van der Waals surface area contributed by atoms with Gasteiger partial charge in [-0.3, -0.25) is 4.99 Å². The molecule has 0 saturated heterocycles. The van der Waals surface area contributed by atoms with Crippen LogP contribution in [0.5, 0.6) is 11.5 Å². The molecule has 0 saturated carbocycles. The Labute approximate surface area is 206 Å². The summed E-state index contributed by atoms with van der Waals surface area (Å²) < 4.78 is 17.8. The molecule has 0 radical (unpaired) electrons. The number of nitrogens with one attached hydrogen (secondary N) is 2. The molecule has 32 heavy (non-hydrogen) atoms. The van der Waals surface area contributed by atoms with Gasteiger partial charge in [0, 0.05) is 45.1 Å². The van der Waals surface area contributed by atoms with Crippen LogP contribution in [0.1, 0.15) is 12.1 Å². The molecule has 3 aromatic rings. The first-order valence-electron chi connectivity index (χ1n) is 10.1. The summed E-state index contributed by atoms with van der Waals surface area (Å²) in [6.45, 7) is 1.83. The molecular formula is C23H30IN5O3. The molecule has 0 spiro atoms. The highest BCUT2D eigenvalue weighted by Crippen LogP contribution is 2.18. The topological polar surface area (TPSA) is 81.9 Å². The summed E-state index contributed by atoms with van der Waals surface area (Å²) in [5.74, 6) is 2.27. The Kier molecular flexibility index (Phi) is 10.8. The first kappa shape index (κ1) is 25.5. The smallest absolute Gasteiger partial charge is 0.195 e. The van der Waals surface area contributed by atoms with Gasteiger partial charge in [0.05, 0.1) is 31.6 Å². The van der Waals surface area contributed by atoms with Crippen LogP contribution in [0, 0.1) is 0 Å². The summed E-state index contributed by atoms with van der Waals surface area (Å²) in [5, 5.41) is 11.2. The van der Waals surface area contributed by atoms with Gasteiger partial charge in [-0.15, -0.1) is 24.0 Å². The van der Waals surface area contributed by atoms with Crippen LogP contribution in [0.2, 0.25) is 0 Å². The zero-order chi connectivity index (χ0) is 21.9. The average Bonchev–Trinajstić information content (AvgIpc) is 3.29. The van der Waals surface area contributed by atoms with Gasteiger partial charge in [0.1, 0.15) is 11.5 Å². The molecule has 1 aromatic heterocycles. The van der Waals surface area contributed by atoms with Crippen molar-refractivity contribution in [2.45, 2.75) is 13.0 Å². The van der Waals surface area contributed by atoms with E-state index in [1.807, 2.05) is 65.5 Å². The van der Waals surface area contributed by atoms with E-state index in [9.17, 15) is 0 Å². The summed E-state index contributed by atoms with van der Waals surface area (Å²) in [4.78, 5) is 4.29. The minimum absolute atomic E-state index is 0. The molecule has 2 N–H and O–H groups in total. The molecule has 0 fully saturated rings. The highest BCUT2D eigenvalue weighted by atomic mass is 127. The minimum Gasteiger partial charge on any atom is -0.497 e. The number of guanidine groups is 1. The largest absolute Gasteiger partial charge is 0.497 e. The van der Waals surface area contributed by atoms with E-state index in [1.54, 1.807) is 21.3 Å². The van der Waals surface area contributed by atoms with Crippen LogP contribution in [-0.4, -0.2) is 50.2 Å². The molecule has 0 amide bonds. The number of methoxy groups -OCH3 is 2. The minimum atomic E-state index is 0. The fraction of sp³-hybridized carbons (Fsp3) is 0.304. The Bertz CT molecular complexity index is 976. The van der Waals surface area contributed by atoms with Crippen LogP contribution < -0.4 is 20.1 Å². The van der Waals surface area contributed by atoms with E-state index in [0.29, 0.717) is 25.7 Å². The van der Waals surface area contributed by atoms with Crippen molar-refractivity contribution in [1.82, 2.24) is 15.1 Å². The third-order valence-electron chi connectivity index (χ3n) is 4.50. The van der Waals surface area contributed by atoms with Crippen molar-refractivity contribution in [3.63, 3.8) is 0 Å². The number of aromatic nitrogens is 2.